The number of nitrogens with zero attached hydrogens (tertiary/aromatic N) is 2. The van der Waals surface area contributed by atoms with E-state index in [0.717, 1.165) is 6.07 Å². The highest BCUT2D eigenvalue weighted by Gasteiger charge is 2.16. The molecule has 0 saturated heterocycles. The number of carbonyl (C=O) groups excluding carboxylic acids is 2. The monoisotopic (exact) mass is 430 g/mol. The van der Waals surface area contributed by atoms with Crippen molar-refractivity contribution in [3.8, 4) is 0 Å². The Morgan fingerprint density at radius 2 is 1.85 bits per heavy atom. The first-order valence-corrected chi connectivity index (χ1v) is 8.90. The summed E-state index contributed by atoms with van der Waals surface area (Å²) in [5.41, 5.74) is 1.17. The first-order valence-electron chi connectivity index (χ1n) is 8.10. The molecule has 2 amide bonds. The van der Waals surface area contributed by atoms with Crippen molar-refractivity contribution in [2.45, 2.75) is 13.0 Å². The number of hydrogen-bond acceptors (Lipinski definition) is 3. The normalized spacial score (nSPS) is 11.7. The standard InChI is InChI=1S/C19H16BrFN4O2/c1-12(25-9-3-8-22-25)18(26)23-14-4-2-5-15(11-14)24-19(27)16-10-13(21)6-7-17(16)20/h2-12H,1H3,(H,23,26)(H,24,27)/t12-/m0/s1. The number of anilines is 2. The lowest BCUT2D eigenvalue weighted by Gasteiger charge is -2.14. The van der Waals surface area contributed by atoms with Gasteiger partial charge < -0.3 is 10.6 Å². The molecule has 138 valence electrons. The van der Waals surface area contributed by atoms with Crippen LogP contribution in [0.2, 0.25) is 0 Å². The van der Waals surface area contributed by atoms with Crippen LogP contribution < -0.4 is 10.6 Å². The van der Waals surface area contributed by atoms with Crippen LogP contribution in [0.5, 0.6) is 0 Å². The van der Waals surface area contributed by atoms with Crippen LogP contribution in [0.15, 0.2) is 65.4 Å². The minimum Gasteiger partial charge on any atom is -0.324 e. The van der Waals surface area contributed by atoms with Gasteiger partial charge in [-0.3, -0.25) is 14.3 Å². The summed E-state index contributed by atoms with van der Waals surface area (Å²) in [5.74, 6) is -1.21. The molecule has 0 spiro atoms. The van der Waals surface area contributed by atoms with E-state index in [0.29, 0.717) is 15.8 Å². The van der Waals surface area contributed by atoms with Crippen molar-refractivity contribution in [2.24, 2.45) is 0 Å². The molecule has 0 aliphatic rings. The number of aromatic nitrogens is 2. The van der Waals surface area contributed by atoms with Gasteiger partial charge in [0.15, 0.2) is 0 Å². The maximum Gasteiger partial charge on any atom is 0.256 e. The van der Waals surface area contributed by atoms with Gasteiger partial charge in [0.05, 0.1) is 5.56 Å². The zero-order valence-corrected chi connectivity index (χ0v) is 15.9. The fourth-order valence-electron chi connectivity index (χ4n) is 2.42. The van der Waals surface area contributed by atoms with Gasteiger partial charge in [0.2, 0.25) is 5.91 Å². The third-order valence-electron chi connectivity index (χ3n) is 3.86. The molecule has 1 aromatic heterocycles. The number of carbonyl (C=O) groups is 2. The van der Waals surface area contributed by atoms with Gasteiger partial charge in [-0.1, -0.05) is 6.07 Å². The molecule has 8 heteroatoms. The van der Waals surface area contributed by atoms with Gasteiger partial charge in [-0.2, -0.15) is 5.10 Å². The summed E-state index contributed by atoms with van der Waals surface area (Å²) in [6.45, 7) is 1.73. The molecule has 27 heavy (non-hydrogen) atoms. The molecular weight excluding hydrogens is 415 g/mol. The van der Waals surface area contributed by atoms with Crippen molar-refractivity contribution in [1.82, 2.24) is 9.78 Å². The number of amides is 2. The molecule has 0 fully saturated rings. The molecule has 1 heterocycles. The van der Waals surface area contributed by atoms with Crippen LogP contribution in [0.4, 0.5) is 15.8 Å². The quantitative estimate of drug-likeness (QED) is 0.635. The Morgan fingerprint density at radius 3 is 2.56 bits per heavy atom. The lowest BCUT2D eigenvalue weighted by atomic mass is 10.2. The Labute approximate surface area is 163 Å². The van der Waals surface area contributed by atoms with E-state index >= 15 is 0 Å². The highest BCUT2D eigenvalue weighted by atomic mass is 79.9. The first-order chi connectivity index (χ1) is 12.9. The van der Waals surface area contributed by atoms with Crippen molar-refractivity contribution in [2.75, 3.05) is 10.6 Å². The van der Waals surface area contributed by atoms with E-state index < -0.39 is 17.8 Å². The van der Waals surface area contributed by atoms with E-state index in [2.05, 4.69) is 31.7 Å². The van der Waals surface area contributed by atoms with E-state index in [1.807, 2.05) is 0 Å². The molecule has 0 saturated carbocycles. The molecule has 2 aromatic carbocycles. The Kier molecular flexibility index (Phi) is 5.66. The predicted octanol–water partition coefficient (Wildman–Crippen LogP) is 4.24. The number of nitrogens with one attached hydrogen (secondary N) is 2. The van der Waals surface area contributed by atoms with Crippen LogP contribution in [0.3, 0.4) is 0 Å². The van der Waals surface area contributed by atoms with Crippen LogP contribution in [0.25, 0.3) is 0 Å². The Morgan fingerprint density at radius 1 is 1.11 bits per heavy atom. The van der Waals surface area contributed by atoms with Crippen LogP contribution in [0, 0.1) is 5.82 Å². The Hall–Kier alpha value is -3.00. The second kappa shape index (κ2) is 8.13. The van der Waals surface area contributed by atoms with Gasteiger partial charge in [-0.15, -0.1) is 0 Å². The molecule has 0 bridgehead atoms. The highest BCUT2D eigenvalue weighted by Crippen LogP contribution is 2.21. The first kappa shape index (κ1) is 18.8. The molecule has 0 unspecified atom stereocenters. The Bertz CT molecular complexity index is 976. The number of benzene rings is 2. The van der Waals surface area contributed by atoms with Gasteiger partial charge in [0, 0.05) is 28.2 Å². The van der Waals surface area contributed by atoms with Crippen molar-refractivity contribution >= 4 is 39.1 Å². The van der Waals surface area contributed by atoms with Crippen molar-refractivity contribution < 1.29 is 14.0 Å². The smallest absolute Gasteiger partial charge is 0.256 e. The van der Waals surface area contributed by atoms with E-state index in [1.54, 1.807) is 54.3 Å². The lowest BCUT2D eigenvalue weighted by Crippen LogP contribution is -2.24. The molecule has 3 aromatic rings. The van der Waals surface area contributed by atoms with E-state index in [4.69, 9.17) is 0 Å². The van der Waals surface area contributed by atoms with Gasteiger partial charge in [-0.25, -0.2) is 4.39 Å². The largest absolute Gasteiger partial charge is 0.324 e. The molecule has 1 atom stereocenters. The summed E-state index contributed by atoms with van der Waals surface area (Å²) in [4.78, 5) is 24.7. The average molecular weight is 431 g/mol. The van der Waals surface area contributed by atoms with E-state index in [1.165, 1.54) is 12.1 Å². The number of hydrogen-bond donors (Lipinski definition) is 2. The maximum absolute atomic E-state index is 13.4. The summed E-state index contributed by atoms with van der Waals surface area (Å²) >= 11 is 3.23. The third kappa shape index (κ3) is 4.59. The Balaban J connectivity index is 1.71. The number of rotatable bonds is 5. The van der Waals surface area contributed by atoms with Crippen molar-refractivity contribution in [3.63, 3.8) is 0 Å². The molecule has 0 aliphatic carbocycles. The SMILES string of the molecule is C[C@@H](C(=O)Nc1cccc(NC(=O)c2cc(F)ccc2Br)c1)n1cccn1. The van der Waals surface area contributed by atoms with Gasteiger partial charge in [-0.05, 0) is 65.3 Å². The second-order valence-corrected chi connectivity index (χ2v) is 6.66. The van der Waals surface area contributed by atoms with Crippen LogP contribution >= 0.6 is 15.9 Å². The minimum absolute atomic E-state index is 0.178. The summed E-state index contributed by atoms with van der Waals surface area (Å²) in [5, 5.41) is 9.52. The summed E-state index contributed by atoms with van der Waals surface area (Å²) in [6, 6.07) is 11.8. The summed E-state index contributed by atoms with van der Waals surface area (Å²) in [6.07, 6.45) is 3.31. The summed E-state index contributed by atoms with van der Waals surface area (Å²) < 4.78 is 15.4. The van der Waals surface area contributed by atoms with Crippen molar-refractivity contribution in [1.29, 1.82) is 0 Å². The molecule has 0 aliphatic heterocycles. The molecule has 0 radical (unpaired) electrons. The highest BCUT2D eigenvalue weighted by molar-refractivity contribution is 9.10. The van der Waals surface area contributed by atoms with Gasteiger partial charge in [0.1, 0.15) is 11.9 Å². The van der Waals surface area contributed by atoms with Gasteiger partial charge in [0.25, 0.3) is 5.91 Å². The zero-order valence-electron chi connectivity index (χ0n) is 14.3. The van der Waals surface area contributed by atoms with E-state index in [9.17, 15) is 14.0 Å². The third-order valence-corrected chi connectivity index (χ3v) is 4.55. The van der Waals surface area contributed by atoms with Crippen LogP contribution in [-0.2, 0) is 4.79 Å². The number of halogens is 2. The average Bonchev–Trinajstić information content (AvgIpc) is 3.18. The van der Waals surface area contributed by atoms with Gasteiger partial charge >= 0.3 is 0 Å². The van der Waals surface area contributed by atoms with Crippen molar-refractivity contribution in [3.05, 3.63) is 76.8 Å². The fraction of sp³-hybridized carbons (Fsp3) is 0.105. The zero-order chi connectivity index (χ0) is 19.4. The predicted molar refractivity (Wildman–Crippen MR) is 104 cm³/mol. The molecule has 6 nitrogen and oxygen atoms in total. The molecule has 3 rings (SSSR count). The minimum atomic E-state index is -0.503. The summed E-state index contributed by atoms with van der Waals surface area (Å²) in [7, 11) is 0. The second-order valence-electron chi connectivity index (χ2n) is 5.81. The fourth-order valence-corrected chi connectivity index (χ4v) is 2.85. The lowest BCUT2D eigenvalue weighted by molar-refractivity contribution is -0.119. The van der Waals surface area contributed by atoms with E-state index in [-0.39, 0.29) is 11.5 Å². The molecule has 2 N–H and O–H groups in total. The van der Waals surface area contributed by atoms with Crippen LogP contribution in [-0.4, -0.2) is 21.6 Å². The van der Waals surface area contributed by atoms with Crippen LogP contribution in [0.1, 0.15) is 23.3 Å². The maximum atomic E-state index is 13.4. The molecular formula is C19H16BrFN4O2. The topological polar surface area (TPSA) is 76.0 Å².